The van der Waals surface area contributed by atoms with E-state index in [2.05, 4.69) is 5.73 Å². The summed E-state index contributed by atoms with van der Waals surface area (Å²) in [5, 5.41) is 0. The minimum atomic E-state index is -4.51. The van der Waals surface area contributed by atoms with Crippen LogP contribution in [-0.4, -0.2) is 32.6 Å². The molecular weight excluding hydrogens is 195 g/mol. The van der Waals surface area contributed by atoms with Gasteiger partial charge in [-0.3, -0.25) is 0 Å². The summed E-state index contributed by atoms with van der Waals surface area (Å²) in [5.74, 6) is -0.534. The van der Waals surface area contributed by atoms with Crippen molar-refractivity contribution in [1.29, 1.82) is 0 Å². The Morgan fingerprint density at radius 1 is 1.42 bits per heavy atom. The van der Waals surface area contributed by atoms with E-state index in [1.165, 1.54) is 0 Å². The van der Waals surface area contributed by atoms with E-state index in [0.29, 0.717) is 0 Å². The Kier molecular flexibility index (Phi) is 3.52. The van der Waals surface area contributed by atoms with Gasteiger partial charge in [-0.05, 0) is 6.42 Å². The van der Waals surface area contributed by atoms with Gasteiger partial charge in [0, 0.05) is 6.26 Å². The quantitative estimate of drug-likeness (QED) is 0.721. The molecule has 0 aromatic heterocycles. The van der Waals surface area contributed by atoms with Crippen molar-refractivity contribution in [3.8, 4) is 0 Å². The summed E-state index contributed by atoms with van der Waals surface area (Å²) in [6, 6.07) is -2.05. The Bertz CT molecular complexity index is 234. The number of hydrogen-bond donors (Lipinski definition) is 1. The largest absolute Gasteiger partial charge is 0.403 e. The Morgan fingerprint density at radius 2 is 1.83 bits per heavy atom. The Morgan fingerprint density at radius 3 is 2.08 bits per heavy atom. The molecule has 0 aliphatic carbocycles. The molecular formula is C5H10F3NO2S. The first-order chi connectivity index (χ1) is 5.13. The zero-order valence-corrected chi connectivity index (χ0v) is 7.24. The second kappa shape index (κ2) is 3.61. The molecule has 0 saturated heterocycles. The van der Waals surface area contributed by atoms with E-state index in [-0.39, 0.29) is 0 Å². The normalized spacial score (nSPS) is 16.1. The molecule has 2 N–H and O–H groups in total. The van der Waals surface area contributed by atoms with Crippen LogP contribution in [0.5, 0.6) is 0 Å². The van der Waals surface area contributed by atoms with E-state index in [0.717, 1.165) is 6.26 Å². The molecule has 12 heavy (non-hydrogen) atoms. The smallest absolute Gasteiger partial charge is 0.320 e. The first kappa shape index (κ1) is 11.7. The molecule has 7 heteroatoms. The zero-order valence-electron chi connectivity index (χ0n) is 6.43. The average Bonchev–Trinajstić information content (AvgIpc) is 1.78. The minimum absolute atomic E-state index is 0.534. The van der Waals surface area contributed by atoms with Crippen molar-refractivity contribution in [2.24, 2.45) is 5.73 Å². The molecule has 1 atom stereocenters. The predicted octanol–water partition coefficient (Wildman–Crippen LogP) is 0.311. The third kappa shape index (κ3) is 5.36. The van der Waals surface area contributed by atoms with Gasteiger partial charge in [0.25, 0.3) is 0 Å². The highest BCUT2D eigenvalue weighted by Crippen LogP contribution is 2.20. The fourth-order valence-corrected chi connectivity index (χ4v) is 1.19. The van der Waals surface area contributed by atoms with Crippen LogP contribution < -0.4 is 5.73 Å². The number of rotatable bonds is 3. The molecule has 0 aromatic rings. The van der Waals surface area contributed by atoms with Crippen LogP contribution in [0.2, 0.25) is 0 Å². The second-order valence-electron chi connectivity index (χ2n) is 2.57. The van der Waals surface area contributed by atoms with Crippen LogP contribution in [0.1, 0.15) is 6.42 Å². The molecule has 0 bridgehead atoms. The standard InChI is InChI=1S/C5H10F3NO2S/c1-12(10,11)3-2-4(9)5(6,7)8/h4H,2-3,9H2,1H3. The van der Waals surface area contributed by atoms with Gasteiger partial charge in [0.1, 0.15) is 15.9 Å². The van der Waals surface area contributed by atoms with Crippen molar-refractivity contribution in [1.82, 2.24) is 0 Å². The van der Waals surface area contributed by atoms with Crippen molar-refractivity contribution in [3.63, 3.8) is 0 Å². The summed E-state index contributed by atoms with van der Waals surface area (Å²) in [6.45, 7) is 0. The summed E-state index contributed by atoms with van der Waals surface area (Å²) in [5.41, 5.74) is 4.67. The number of nitrogens with two attached hydrogens (primary N) is 1. The monoisotopic (exact) mass is 205 g/mol. The lowest BCUT2D eigenvalue weighted by atomic mass is 10.2. The molecule has 0 fully saturated rings. The molecule has 0 rings (SSSR count). The minimum Gasteiger partial charge on any atom is -0.320 e. The van der Waals surface area contributed by atoms with Crippen molar-refractivity contribution in [2.75, 3.05) is 12.0 Å². The molecule has 0 aromatic carbocycles. The van der Waals surface area contributed by atoms with Crippen molar-refractivity contribution >= 4 is 9.84 Å². The van der Waals surface area contributed by atoms with Crippen molar-refractivity contribution < 1.29 is 21.6 Å². The number of hydrogen-bond acceptors (Lipinski definition) is 3. The average molecular weight is 205 g/mol. The lowest BCUT2D eigenvalue weighted by molar-refractivity contribution is -0.147. The van der Waals surface area contributed by atoms with E-state index >= 15 is 0 Å². The van der Waals surface area contributed by atoms with Gasteiger partial charge in [-0.25, -0.2) is 8.42 Å². The van der Waals surface area contributed by atoms with Gasteiger partial charge < -0.3 is 5.73 Å². The Balaban J connectivity index is 3.97. The fourth-order valence-electron chi connectivity index (χ4n) is 0.505. The van der Waals surface area contributed by atoms with Gasteiger partial charge in [0.2, 0.25) is 0 Å². The highest BCUT2D eigenvalue weighted by atomic mass is 32.2. The van der Waals surface area contributed by atoms with E-state index < -0.39 is 34.2 Å². The van der Waals surface area contributed by atoms with Crippen LogP contribution in [0, 0.1) is 0 Å². The Hall–Kier alpha value is -0.300. The third-order valence-electron chi connectivity index (χ3n) is 1.22. The molecule has 3 nitrogen and oxygen atoms in total. The van der Waals surface area contributed by atoms with Crippen LogP contribution in [0.3, 0.4) is 0 Å². The highest BCUT2D eigenvalue weighted by molar-refractivity contribution is 7.90. The molecule has 0 heterocycles. The molecule has 0 amide bonds. The van der Waals surface area contributed by atoms with E-state index in [1.54, 1.807) is 0 Å². The summed E-state index contributed by atoms with van der Waals surface area (Å²) in [7, 11) is -3.36. The van der Waals surface area contributed by atoms with Gasteiger partial charge in [-0.2, -0.15) is 13.2 Å². The maximum absolute atomic E-state index is 11.7. The summed E-state index contributed by atoms with van der Waals surface area (Å²) >= 11 is 0. The first-order valence-electron chi connectivity index (χ1n) is 3.13. The lowest BCUT2D eigenvalue weighted by Gasteiger charge is -2.14. The summed E-state index contributed by atoms with van der Waals surface area (Å²) in [6.07, 6.45) is -4.22. The van der Waals surface area contributed by atoms with Crippen LogP contribution in [0.25, 0.3) is 0 Å². The molecule has 0 spiro atoms. The van der Waals surface area contributed by atoms with Crippen LogP contribution >= 0.6 is 0 Å². The van der Waals surface area contributed by atoms with Gasteiger partial charge in [0.05, 0.1) is 5.75 Å². The maximum atomic E-state index is 11.7. The summed E-state index contributed by atoms with van der Waals surface area (Å²) < 4.78 is 56.0. The highest BCUT2D eigenvalue weighted by Gasteiger charge is 2.36. The number of sulfone groups is 1. The molecule has 0 radical (unpaired) electrons. The van der Waals surface area contributed by atoms with Crippen molar-refractivity contribution in [2.45, 2.75) is 18.6 Å². The maximum Gasteiger partial charge on any atom is 0.403 e. The number of halogens is 3. The Labute approximate surface area is 68.7 Å². The number of alkyl halides is 3. The van der Waals surface area contributed by atoms with E-state index in [1.807, 2.05) is 0 Å². The lowest BCUT2D eigenvalue weighted by Crippen LogP contribution is -2.38. The van der Waals surface area contributed by atoms with Crippen LogP contribution in [0.4, 0.5) is 13.2 Å². The van der Waals surface area contributed by atoms with Gasteiger partial charge in [0.15, 0.2) is 0 Å². The van der Waals surface area contributed by atoms with E-state index in [4.69, 9.17) is 0 Å². The zero-order chi connectivity index (χ0) is 9.99. The van der Waals surface area contributed by atoms with Gasteiger partial charge in [-0.1, -0.05) is 0 Å². The molecule has 0 aliphatic rings. The SMILES string of the molecule is CS(=O)(=O)CCC(N)C(F)(F)F. The second-order valence-corrected chi connectivity index (χ2v) is 4.83. The topological polar surface area (TPSA) is 60.2 Å². The van der Waals surface area contributed by atoms with Crippen molar-refractivity contribution in [3.05, 3.63) is 0 Å². The molecule has 74 valence electrons. The summed E-state index contributed by atoms with van der Waals surface area (Å²) in [4.78, 5) is 0. The van der Waals surface area contributed by atoms with Gasteiger partial charge in [-0.15, -0.1) is 0 Å². The molecule has 1 unspecified atom stereocenters. The van der Waals surface area contributed by atoms with Crippen LogP contribution in [-0.2, 0) is 9.84 Å². The predicted molar refractivity (Wildman–Crippen MR) is 38.4 cm³/mol. The molecule has 0 saturated carbocycles. The van der Waals surface area contributed by atoms with Gasteiger partial charge >= 0.3 is 6.18 Å². The fraction of sp³-hybridized carbons (Fsp3) is 1.00. The molecule has 0 aliphatic heterocycles. The first-order valence-corrected chi connectivity index (χ1v) is 5.19. The van der Waals surface area contributed by atoms with E-state index in [9.17, 15) is 21.6 Å². The van der Waals surface area contributed by atoms with Crippen LogP contribution in [0.15, 0.2) is 0 Å². The third-order valence-corrected chi connectivity index (χ3v) is 2.20.